The molecule has 0 bridgehead atoms. The van der Waals surface area contributed by atoms with Crippen molar-refractivity contribution in [2.75, 3.05) is 4.90 Å². The van der Waals surface area contributed by atoms with E-state index in [1.165, 1.54) is 60.3 Å². The van der Waals surface area contributed by atoms with Crippen LogP contribution in [0.3, 0.4) is 0 Å². The Balaban J connectivity index is 1.00. The fourth-order valence-electron chi connectivity index (χ4n) is 8.35. The normalized spacial score (nSPS) is 11.6. The standard InChI is InChI=1S/C54H35NO/c1-3-11-43-34-45(22-20-36(43)8-1)40-18-16-38(17-19-40)39-24-29-47(30-25-39)55(48-31-26-41(27-32-48)46-23-21-37-9-2-4-12-44(37)35-46)51-14-7-15-52-53(51)50-33-28-42-10-5-6-13-49(42)54(50)56-52/h1-35H. The van der Waals surface area contributed by atoms with Crippen LogP contribution in [0.1, 0.15) is 0 Å². The molecule has 0 radical (unpaired) electrons. The summed E-state index contributed by atoms with van der Waals surface area (Å²) in [4.78, 5) is 2.36. The van der Waals surface area contributed by atoms with Crippen LogP contribution in [-0.4, -0.2) is 0 Å². The summed E-state index contributed by atoms with van der Waals surface area (Å²) < 4.78 is 6.65. The number of fused-ring (bicyclic) bond motifs is 7. The summed E-state index contributed by atoms with van der Waals surface area (Å²) in [7, 11) is 0. The molecule has 0 fully saturated rings. The molecule has 0 amide bonds. The van der Waals surface area contributed by atoms with Crippen molar-refractivity contribution in [2.24, 2.45) is 0 Å². The van der Waals surface area contributed by atoms with Crippen molar-refractivity contribution in [1.29, 1.82) is 0 Å². The highest BCUT2D eigenvalue weighted by molar-refractivity contribution is 6.19. The van der Waals surface area contributed by atoms with Gasteiger partial charge in [-0.3, -0.25) is 0 Å². The summed E-state index contributed by atoms with van der Waals surface area (Å²) >= 11 is 0. The van der Waals surface area contributed by atoms with Crippen LogP contribution < -0.4 is 4.90 Å². The summed E-state index contributed by atoms with van der Waals surface area (Å²) in [5.41, 5.74) is 12.2. The summed E-state index contributed by atoms with van der Waals surface area (Å²) in [6.45, 7) is 0. The molecule has 1 aromatic heterocycles. The van der Waals surface area contributed by atoms with Gasteiger partial charge in [0, 0.05) is 22.1 Å². The zero-order chi connectivity index (χ0) is 37.0. The van der Waals surface area contributed by atoms with Crippen LogP contribution in [0.4, 0.5) is 17.1 Å². The lowest BCUT2D eigenvalue weighted by Crippen LogP contribution is -2.10. The van der Waals surface area contributed by atoms with E-state index in [2.05, 4.69) is 217 Å². The molecular weight excluding hydrogens is 679 g/mol. The van der Waals surface area contributed by atoms with Gasteiger partial charge in [-0.1, -0.05) is 158 Å². The SMILES string of the molecule is c1ccc2cc(-c3ccc(-c4ccc(N(c5ccc(-c6ccc7ccccc7c6)cc5)c5cccc6oc7c8ccccc8ccc7c56)cc4)cc3)ccc2c1. The van der Waals surface area contributed by atoms with Gasteiger partial charge in [0.05, 0.1) is 11.1 Å². The predicted octanol–water partition coefficient (Wildman–Crippen LogP) is 15.5. The quantitative estimate of drug-likeness (QED) is 0.171. The Morgan fingerprint density at radius 2 is 0.750 bits per heavy atom. The van der Waals surface area contributed by atoms with E-state index >= 15 is 0 Å². The Hall–Kier alpha value is -7.42. The van der Waals surface area contributed by atoms with Crippen molar-refractivity contribution in [2.45, 2.75) is 0 Å². The Bertz CT molecular complexity index is 3230. The minimum Gasteiger partial charge on any atom is -0.455 e. The first-order valence-electron chi connectivity index (χ1n) is 19.2. The molecule has 11 aromatic rings. The van der Waals surface area contributed by atoms with E-state index in [4.69, 9.17) is 4.42 Å². The van der Waals surface area contributed by atoms with Gasteiger partial charge >= 0.3 is 0 Å². The Labute approximate surface area is 325 Å². The Morgan fingerprint density at radius 3 is 1.32 bits per heavy atom. The average Bonchev–Trinajstić information content (AvgIpc) is 3.67. The van der Waals surface area contributed by atoms with Gasteiger partial charge in [0.1, 0.15) is 11.2 Å². The number of nitrogens with zero attached hydrogens (tertiary/aromatic N) is 1. The predicted molar refractivity (Wildman–Crippen MR) is 237 cm³/mol. The molecule has 0 aliphatic heterocycles. The third kappa shape index (κ3) is 5.51. The lowest BCUT2D eigenvalue weighted by atomic mass is 9.98. The molecule has 56 heavy (non-hydrogen) atoms. The summed E-state index contributed by atoms with van der Waals surface area (Å²) in [6, 6.07) is 76.5. The molecular formula is C54H35NO. The van der Waals surface area contributed by atoms with E-state index in [-0.39, 0.29) is 0 Å². The molecule has 0 aliphatic rings. The molecule has 0 saturated heterocycles. The molecule has 11 rings (SSSR count). The van der Waals surface area contributed by atoms with Crippen LogP contribution in [0.25, 0.3) is 87.6 Å². The molecule has 0 unspecified atom stereocenters. The molecule has 0 spiro atoms. The van der Waals surface area contributed by atoms with E-state index in [0.29, 0.717) is 0 Å². The second-order valence-corrected chi connectivity index (χ2v) is 14.5. The lowest BCUT2D eigenvalue weighted by molar-refractivity contribution is 0.672. The summed E-state index contributed by atoms with van der Waals surface area (Å²) in [5.74, 6) is 0. The van der Waals surface area contributed by atoms with Crippen LogP contribution >= 0.6 is 0 Å². The second-order valence-electron chi connectivity index (χ2n) is 14.5. The van der Waals surface area contributed by atoms with E-state index in [9.17, 15) is 0 Å². The third-order valence-corrected chi connectivity index (χ3v) is 11.2. The number of benzene rings is 10. The number of hydrogen-bond acceptors (Lipinski definition) is 2. The van der Waals surface area contributed by atoms with Gasteiger partial charge in [-0.15, -0.1) is 0 Å². The van der Waals surface area contributed by atoms with Crippen molar-refractivity contribution in [1.82, 2.24) is 0 Å². The van der Waals surface area contributed by atoms with Crippen molar-refractivity contribution in [3.05, 3.63) is 212 Å². The third-order valence-electron chi connectivity index (χ3n) is 11.2. The van der Waals surface area contributed by atoms with E-state index in [1.807, 2.05) is 0 Å². The monoisotopic (exact) mass is 713 g/mol. The van der Waals surface area contributed by atoms with Crippen LogP contribution in [0.2, 0.25) is 0 Å². The average molecular weight is 714 g/mol. The van der Waals surface area contributed by atoms with E-state index in [1.54, 1.807) is 0 Å². The van der Waals surface area contributed by atoms with E-state index in [0.717, 1.165) is 44.4 Å². The van der Waals surface area contributed by atoms with Gasteiger partial charge in [0.2, 0.25) is 0 Å². The summed E-state index contributed by atoms with van der Waals surface area (Å²) in [6.07, 6.45) is 0. The maximum absolute atomic E-state index is 6.65. The largest absolute Gasteiger partial charge is 0.455 e. The van der Waals surface area contributed by atoms with Crippen LogP contribution in [0.5, 0.6) is 0 Å². The molecule has 10 aromatic carbocycles. The molecule has 2 nitrogen and oxygen atoms in total. The van der Waals surface area contributed by atoms with Crippen molar-refractivity contribution >= 4 is 71.3 Å². The van der Waals surface area contributed by atoms with Crippen LogP contribution in [0.15, 0.2) is 217 Å². The molecule has 0 N–H and O–H groups in total. The molecule has 262 valence electrons. The van der Waals surface area contributed by atoms with Gasteiger partial charge in [-0.2, -0.15) is 0 Å². The Kier molecular flexibility index (Phi) is 7.53. The zero-order valence-electron chi connectivity index (χ0n) is 30.6. The smallest absolute Gasteiger partial charge is 0.143 e. The van der Waals surface area contributed by atoms with Gasteiger partial charge in [0.25, 0.3) is 0 Å². The number of rotatable bonds is 6. The first-order chi connectivity index (χ1) is 27.7. The minimum absolute atomic E-state index is 0.870. The van der Waals surface area contributed by atoms with Gasteiger partial charge < -0.3 is 9.32 Å². The highest BCUT2D eigenvalue weighted by atomic mass is 16.3. The maximum Gasteiger partial charge on any atom is 0.143 e. The number of furan rings is 1. The first-order valence-corrected chi connectivity index (χ1v) is 19.2. The molecule has 0 aliphatic carbocycles. The van der Waals surface area contributed by atoms with Crippen LogP contribution in [-0.2, 0) is 0 Å². The Morgan fingerprint density at radius 1 is 0.304 bits per heavy atom. The zero-order valence-corrected chi connectivity index (χ0v) is 30.6. The minimum atomic E-state index is 0.870. The first kappa shape index (κ1) is 32.0. The van der Waals surface area contributed by atoms with Crippen molar-refractivity contribution in [3.8, 4) is 33.4 Å². The topological polar surface area (TPSA) is 16.4 Å². The van der Waals surface area contributed by atoms with Crippen molar-refractivity contribution in [3.63, 3.8) is 0 Å². The molecule has 0 atom stereocenters. The molecule has 2 heteroatoms. The lowest BCUT2D eigenvalue weighted by Gasteiger charge is -2.26. The number of anilines is 3. The molecule has 0 saturated carbocycles. The van der Waals surface area contributed by atoms with Crippen LogP contribution in [0, 0.1) is 0 Å². The van der Waals surface area contributed by atoms with Gasteiger partial charge in [-0.05, 0) is 115 Å². The fraction of sp³-hybridized carbons (Fsp3) is 0. The van der Waals surface area contributed by atoms with Gasteiger partial charge in [-0.25, -0.2) is 0 Å². The highest BCUT2D eigenvalue weighted by Crippen LogP contribution is 2.45. The highest BCUT2D eigenvalue weighted by Gasteiger charge is 2.20. The second kappa shape index (κ2) is 13.2. The molecule has 1 heterocycles. The van der Waals surface area contributed by atoms with Crippen molar-refractivity contribution < 1.29 is 4.42 Å². The van der Waals surface area contributed by atoms with E-state index < -0.39 is 0 Å². The number of hydrogen-bond donors (Lipinski definition) is 0. The maximum atomic E-state index is 6.65. The van der Waals surface area contributed by atoms with Gasteiger partial charge in [0.15, 0.2) is 0 Å². The fourth-order valence-corrected chi connectivity index (χ4v) is 8.35. The summed E-state index contributed by atoms with van der Waals surface area (Å²) in [5, 5.41) is 9.49.